The van der Waals surface area contributed by atoms with Crippen molar-refractivity contribution in [3.05, 3.63) is 151 Å². The van der Waals surface area contributed by atoms with Crippen LogP contribution in [0.2, 0.25) is 0 Å². The Bertz CT molecular complexity index is 1700. The minimum Gasteiger partial charge on any atom is -0.383 e. The Balaban J connectivity index is 1.58. The van der Waals surface area contributed by atoms with E-state index in [1.807, 2.05) is 79.8 Å². The van der Waals surface area contributed by atoms with Gasteiger partial charge < -0.3 is 15.0 Å². The summed E-state index contributed by atoms with van der Waals surface area (Å²) < 4.78 is 14.8. The number of pyridine rings is 1. The van der Waals surface area contributed by atoms with E-state index >= 15 is 0 Å². The first-order valence-corrected chi connectivity index (χ1v) is 14.0. The van der Waals surface area contributed by atoms with Crippen molar-refractivity contribution < 1.29 is 9.50 Å². The fourth-order valence-corrected chi connectivity index (χ4v) is 5.79. The zero-order valence-corrected chi connectivity index (χ0v) is 23.8. The Labute approximate surface area is 241 Å². The summed E-state index contributed by atoms with van der Waals surface area (Å²) >= 11 is 3.52. The van der Waals surface area contributed by atoms with Gasteiger partial charge in [0, 0.05) is 33.6 Å². The van der Waals surface area contributed by atoms with Crippen LogP contribution >= 0.6 is 15.9 Å². The number of benzene rings is 3. The predicted molar refractivity (Wildman–Crippen MR) is 162 cm³/mol. The average Bonchev–Trinajstić information content (AvgIpc) is 2.95. The first kappa shape index (κ1) is 27.8. The second-order valence-electron chi connectivity index (χ2n) is 10.2. The van der Waals surface area contributed by atoms with E-state index in [1.165, 1.54) is 11.6 Å². The Morgan fingerprint density at radius 3 is 2.42 bits per heavy atom. The standard InChI is InChI=1S/C34H30BrFN2O2/c1-38(23-24-9-4-2-5-10-24)20-8-19-34(40,27-13-16-29(36)17-14-27)32(25-11-6-3-7-12-25)30-22-26-21-28(35)15-18-31(26)37-33(30)39/h2-7,9-13,15-16,18,21-22,32,40H,8,19-20,23H2,1H3,(H,37,39). The molecule has 1 aliphatic carbocycles. The largest absolute Gasteiger partial charge is 0.383 e. The van der Waals surface area contributed by atoms with Crippen molar-refractivity contribution in [3.8, 4) is 0 Å². The van der Waals surface area contributed by atoms with Gasteiger partial charge in [0.15, 0.2) is 5.83 Å². The molecule has 6 heteroatoms. The maximum absolute atomic E-state index is 13.9. The number of halogens is 2. The van der Waals surface area contributed by atoms with Crippen LogP contribution in [0.5, 0.6) is 0 Å². The van der Waals surface area contributed by atoms with Crippen molar-refractivity contribution in [1.82, 2.24) is 9.88 Å². The number of allylic oxidation sites excluding steroid dienone is 2. The zero-order valence-electron chi connectivity index (χ0n) is 22.2. The summed E-state index contributed by atoms with van der Waals surface area (Å²) in [5, 5.41) is 13.5. The highest BCUT2D eigenvalue weighted by Gasteiger charge is 2.43. The molecule has 0 fully saturated rings. The molecule has 4 nitrogen and oxygen atoms in total. The number of aliphatic hydroxyl groups is 1. The van der Waals surface area contributed by atoms with E-state index in [4.69, 9.17) is 0 Å². The molecule has 5 rings (SSSR count). The molecule has 0 radical (unpaired) electrons. The Morgan fingerprint density at radius 2 is 1.73 bits per heavy atom. The first-order valence-electron chi connectivity index (χ1n) is 13.3. The molecule has 2 N–H and O–H groups in total. The van der Waals surface area contributed by atoms with Gasteiger partial charge in [0.05, 0.1) is 0 Å². The minimum atomic E-state index is -1.56. The Hall–Kier alpha value is -3.76. The maximum atomic E-state index is 13.9. The number of aromatic amines is 1. The molecule has 40 heavy (non-hydrogen) atoms. The van der Waals surface area contributed by atoms with Crippen molar-refractivity contribution in [2.45, 2.75) is 30.9 Å². The molecule has 0 spiro atoms. The zero-order chi connectivity index (χ0) is 28.1. The number of fused-ring (bicyclic) bond motifs is 1. The van der Waals surface area contributed by atoms with Gasteiger partial charge in [0.25, 0.3) is 5.56 Å². The normalized spacial score (nSPS) is 15.1. The predicted octanol–water partition coefficient (Wildman–Crippen LogP) is 7.17. The molecular formula is C34H30BrFN2O2. The van der Waals surface area contributed by atoms with E-state index in [1.54, 1.807) is 6.08 Å². The topological polar surface area (TPSA) is 56.3 Å². The van der Waals surface area contributed by atoms with E-state index in [0.717, 1.165) is 22.0 Å². The molecule has 0 bridgehead atoms. The average molecular weight is 598 g/mol. The van der Waals surface area contributed by atoms with Crippen LogP contribution < -0.4 is 5.56 Å². The van der Waals surface area contributed by atoms with Crippen LogP contribution in [0.25, 0.3) is 10.9 Å². The number of aromatic nitrogens is 1. The lowest BCUT2D eigenvalue weighted by molar-refractivity contribution is 0.0504. The summed E-state index contributed by atoms with van der Waals surface area (Å²) in [4.78, 5) is 18.8. The van der Waals surface area contributed by atoms with Crippen LogP contribution in [-0.2, 0) is 6.54 Å². The molecule has 0 aliphatic heterocycles. The third-order valence-electron chi connectivity index (χ3n) is 7.33. The summed E-state index contributed by atoms with van der Waals surface area (Å²) in [7, 11) is 2.05. The van der Waals surface area contributed by atoms with Crippen molar-refractivity contribution >= 4 is 26.8 Å². The van der Waals surface area contributed by atoms with Gasteiger partial charge in [0.1, 0.15) is 5.60 Å². The number of hydrogen-bond acceptors (Lipinski definition) is 3. The smallest absolute Gasteiger partial charge is 0.252 e. The third kappa shape index (κ3) is 6.18. The second kappa shape index (κ2) is 12.2. The summed E-state index contributed by atoms with van der Waals surface area (Å²) in [6, 6.07) is 27.2. The fraction of sp³-hybridized carbons (Fsp3) is 0.206. The Morgan fingerprint density at radius 1 is 1.00 bits per heavy atom. The SMILES string of the molecule is CN(CCCC(O)(C1=C=C=C(F)C=C1)C(c1ccccc1)c1cc2cc(Br)ccc2[nH]c1=O)Cc1ccccc1. The lowest BCUT2D eigenvalue weighted by atomic mass is 9.71. The lowest BCUT2D eigenvalue weighted by Crippen LogP contribution is -2.41. The molecule has 202 valence electrons. The van der Waals surface area contributed by atoms with Crippen LogP contribution in [0.15, 0.2) is 129 Å². The van der Waals surface area contributed by atoms with Crippen LogP contribution in [0.3, 0.4) is 0 Å². The van der Waals surface area contributed by atoms with Gasteiger partial charge in [-0.25, -0.2) is 0 Å². The van der Waals surface area contributed by atoms with Gasteiger partial charge in [-0.15, -0.1) is 0 Å². The number of H-pyrrole nitrogens is 1. The molecule has 3 aromatic carbocycles. The maximum Gasteiger partial charge on any atom is 0.252 e. The van der Waals surface area contributed by atoms with Gasteiger partial charge in [-0.05, 0) is 85.1 Å². The summed E-state index contributed by atoms with van der Waals surface area (Å²) in [5.41, 5.74) is 7.01. The molecule has 1 aromatic heterocycles. The van der Waals surface area contributed by atoms with E-state index in [2.05, 4.69) is 49.4 Å². The monoisotopic (exact) mass is 596 g/mol. The highest BCUT2D eigenvalue weighted by Crippen LogP contribution is 2.43. The van der Waals surface area contributed by atoms with Crippen LogP contribution in [-0.4, -0.2) is 34.2 Å². The molecule has 0 saturated heterocycles. The quantitative estimate of drug-likeness (QED) is 0.191. The van der Waals surface area contributed by atoms with Crippen molar-refractivity contribution in [1.29, 1.82) is 0 Å². The highest BCUT2D eigenvalue weighted by molar-refractivity contribution is 9.10. The van der Waals surface area contributed by atoms with Crippen LogP contribution in [0.4, 0.5) is 4.39 Å². The van der Waals surface area contributed by atoms with Gasteiger partial charge in [-0.2, -0.15) is 4.39 Å². The first-order chi connectivity index (χ1) is 19.3. The van der Waals surface area contributed by atoms with Crippen molar-refractivity contribution in [2.75, 3.05) is 13.6 Å². The lowest BCUT2D eigenvalue weighted by Gasteiger charge is -2.37. The summed E-state index contributed by atoms with van der Waals surface area (Å²) in [5.74, 6) is -1.30. The Kier molecular flexibility index (Phi) is 8.46. The van der Waals surface area contributed by atoms with Crippen molar-refractivity contribution in [2.24, 2.45) is 0 Å². The molecular weight excluding hydrogens is 567 g/mol. The molecule has 2 unspecified atom stereocenters. The highest BCUT2D eigenvalue weighted by atomic mass is 79.9. The van der Waals surface area contributed by atoms with Gasteiger partial charge in [-0.3, -0.25) is 4.79 Å². The molecule has 0 amide bonds. The minimum absolute atomic E-state index is 0.283. The molecule has 4 aromatic rings. The van der Waals surface area contributed by atoms with E-state index in [-0.39, 0.29) is 5.56 Å². The van der Waals surface area contributed by atoms with E-state index in [9.17, 15) is 14.3 Å². The van der Waals surface area contributed by atoms with Gasteiger partial charge in [0.2, 0.25) is 0 Å². The van der Waals surface area contributed by atoms with E-state index in [0.29, 0.717) is 36.0 Å². The third-order valence-corrected chi connectivity index (χ3v) is 7.82. The number of rotatable bonds is 10. The van der Waals surface area contributed by atoms with Gasteiger partial charge in [-0.1, -0.05) is 82.3 Å². The molecule has 1 aliphatic rings. The number of nitrogens with zero attached hydrogens (tertiary/aromatic N) is 1. The van der Waals surface area contributed by atoms with Crippen LogP contribution in [0.1, 0.15) is 35.4 Å². The second-order valence-corrected chi connectivity index (χ2v) is 11.1. The molecule has 1 heterocycles. The summed E-state index contributed by atoms with van der Waals surface area (Å²) in [6.07, 6.45) is 3.77. The summed E-state index contributed by atoms with van der Waals surface area (Å²) in [6.45, 7) is 1.49. The fourth-order valence-electron chi connectivity index (χ4n) is 5.41. The van der Waals surface area contributed by atoms with Crippen LogP contribution in [0, 0.1) is 0 Å². The van der Waals surface area contributed by atoms with E-state index < -0.39 is 17.3 Å². The number of nitrogens with one attached hydrogen (secondary N) is 1. The number of hydrogen-bond donors (Lipinski definition) is 2. The molecule has 2 atom stereocenters. The van der Waals surface area contributed by atoms with Gasteiger partial charge >= 0.3 is 0 Å². The molecule has 0 saturated carbocycles. The van der Waals surface area contributed by atoms with Crippen molar-refractivity contribution in [3.63, 3.8) is 0 Å².